The number of amides is 3. The minimum Gasteiger partial charge on any atom is -0.352 e. The molecule has 1 aromatic carbocycles. The Morgan fingerprint density at radius 1 is 1.24 bits per heavy atom. The molecule has 0 aromatic heterocycles. The summed E-state index contributed by atoms with van der Waals surface area (Å²) < 4.78 is 0. The zero-order chi connectivity index (χ0) is 17.8. The highest BCUT2D eigenvalue weighted by molar-refractivity contribution is 6.39. The average Bonchev–Trinajstić information content (AvgIpc) is 3.41. The highest BCUT2D eigenvalue weighted by atomic mass is 16.2. The van der Waals surface area contributed by atoms with E-state index in [-0.39, 0.29) is 36.7 Å². The first kappa shape index (κ1) is 17.1. The maximum absolute atomic E-state index is 12.5. The van der Waals surface area contributed by atoms with Crippen molar-refractivity contribution in [2.75, 3.05) is 13.6 Å². The van der Waals surface area contributed by atoms with Crippen LogP contribution in [0.5, 0.6) is 0 Å². The number of hydrogen-bond acceptors (Lipinski definition) is 4. The van der Waals surface area contributed by atoms with Crippen LogP contribution in [0.4, 0.5) is 0 Å². The normalized spacial score (nSPS) is 17.1. The molecule has 3 amide bonds. The Morgan fingerprint density at radius 3 is 2.64 bits per heavy atom. The second-order valence-electron chi connectivity index (χ2n) is 6.49. The standard InChI is InChI=1S/C18H22N4O3/c1-21(12-16(23)19-14-7-8-14)18(25)15-9-10-17(24)22(20-15)11-13-5-3-2-4-6-13/h2-6,14H,7-12H2,1H3,(H,19,23). The van der Waals surface area contributed by atoms with Gasteiger partial charge in [-0.3, -0.25) is 14.4 Å². The molecular weight excluding hydrogens is 320 g/mol. The Labute approximate surface area is 146 Å². The summed E-state index contributed by atoms with van der Waals surface area (Å²) in [6.45, 7) is 0.337. The molecule has 3 rings (SSSR count). The molecule has 0 spiro atoms. The van der Waals surface area contributed by atoms with Crippen molar-refractivity contribution in [2.45, 2.75) is 38.3 Å². The van der Waals surface area contributed by atoms with Gasteiger partial charge in [0.05, 0.1) is 13.1 Å². The van der Waals surface area contributed by atoms with Gasteiger partial charge in [0.15, 0.2) is 0 Å². The summed E-state index contributed by atoms with van der Waals surface area (Å²) in [5.41, 5.74) is 1.27. The summed E-state index contributed by atoms with van der Waals surface area (Å²) >= 11 is 0. The number of nitrogens with zero attached hydrogens (tertiary/aromatic N) is 3. The van der Waals surface area contributed by atoms with E-state index in [9.17, 15) is 14.4 Å². The van der Waals surface area contributed by atoms with E-state index in [1.54, 1.807) is 7.05 Å². The van der Waals surface area contributed by atoms with E-state index in [4.69, 9.17) is 0 Å². The number of nitrogens with one attached hydrogen (secondary N) is 1. The van der Waals surface area contributed by atoms with Crippen molar-refractivity contribution < 1.29 is 14.4 Å². The van der Waals surface area contributed by atoms with Crippen LogP contribution in [0.1, 0.15) is 31.2 Å². The molecule has 25 heavy (non-hydrogen) atoms. The summed E-state index contributed by atoms with van der Waals surface area (Å²) in [4.78, 5) is 37.8. The third kappa shape index (κ3) is 4.65. The number of hydrazone groups is 1. The van der Waals surface area contributed by atoms with Gasteiger partial charge in [0.1, 0.15) is 5.71 Å². The van der Waals surface area contributed by atoms with Crippen LogP contribution in [0.3, 0.4) is 0 Å². The molecule has 1 aromatic rings. The van der Waals surface area contributed by atoms with E-state index in [1.165, 1.54) is 9.91 Å². The second-order valence-corrected chi connectivity index (χ2v) is 6.49. The van der Waals surface area contributed by atoms with Crippen LogP contribution in [0.25, 0.3) is 0 Å². The van der Waals surface area contributed by atoms with Gasteiger partial charge in [-0.15, -0.1) is 0 Å². The van der Waals surface area contributed by atoms with Crippen LogP contribution in [-0.4, -0.2) is 53.0 Å². The number of carbonyl (C=O) groups is 3. The quantitative estimate of drug-likeness (QED) is 0.834. The topological polar surface area (TPSA) is 82.1 Å². The highest BCUT2D eigenvalue weighted by Gasteiger charge is 2.28. The lowest BCUT2D eigenvalue weighted by Crippen LogP contribution is -2.44. The molecule has 1 aliphatic heterocycles. The maximum atomic E-state index is 12.5. The van der Waals surface area contributed by atoms with Gasteiger partial charge < -0.3 is 10.2 Å². The summed E-state index contributed by atoms with van der Waals surface area (Å²) in [6.07, 6.45) is 2.57. The zero-order valence-electron chi connectivity index (χ0n) is 14.3. The molecule has 2 aliphatic rings. The first-order chi connectivity index (χ1) is 12.0. The molecule has 0 bridgehead atoms. The third-order valence-electron chi connectivity index (χ3n) is 4.20. The van der Waals surface area contributed by atoms with Gasteiger partial charge in [-0.05, 0) is 18.4 Å². The van der Waals surface area contributed by atoms with E-state index in [2.05, 4.69) is 10.4 Å². The van der Waals surface area contributed by atoms with E-state index >= 15 is 0 Å². The Hall–Kier alpha value is -2.70. The van der Waals surface area contributed by atoms with Crippen LogP contribution in [0.2, 0.25) is 0 Å². The van der Waals surface area contributed by atoms with Gasteiger partial charge in [0.25, 0.3) is 5.91 Å². The molecule has 1 N–H and O–H groups in total. The summed E-state index contributed by atoms with van der Waals surface area (Å²) in [5, 5.41) is 8.43. The molecule has 7 heteroatoms. The van der Waals surface area contributed by atoms with E-state index in [0.29, 0.717) is 18.7 Å². The van der Waals surface area contributed by atoms with Gasteiger partial charge in [-0.25, -0.2) is 5.01 Å². The monoisotopic (exact) mass is 342 g/mol. The molecule has 1 aliphatic carbocycles. The van der Waals surface area contributed by atoms with Gasteiger partial charge in [0, 0.05) is 25.9 Å². The van der Waals surface area contributed by atoms with Gasteiger partial charge in [-0.1, -0.05) is 30.3 Å². The Kier molecular flexibility index (Phi) is 5.11. The molecule has 1 saturated carbocycles. The predicted octanol–water partition coefficient (Wildman–Crippen LogP) is 0.902. The van der Waals surface area contributed by atoms with Gasteiger partial charge >= 0.3 is 0 Å². The molecule has 7 nitrogen and oxygen atoms in total. The number of benzene rings is 1. The van der Waals surface area contributed by atoms with Crippen LogP contribution in [0.15, 0.2) is 35.4 Å². The molecule has 0 radical (unpaired) electrons. The van der Waals surface area contributed by atoms with E-state index in [0.717, 1.165) is 18.4 Å². The average molecular weight is 342 g/mol. The maximum Gasteiger partial charge on any atom is 0.270 e. The molecule has 0 saturated heterocycles. The van der Waals surface area contributed by atoms with Crippen molar-refractivity contribution in [3.63, 3.8) is 0 Å². The zero-order valence-corrected chi connectivity index (χ0v) is 14.3. The minimum atomic E-state index is -0.309. The Balaban J connectivity index is 1.63. The van der Waals surface area contributed by atoms with Crippen molar-refractivity contribution in [1.29, 1.82) is 0 Å². The lowest BCUT2D eigenvalue weighted by atomic mass is 10.1. The van der Waals surface area contributed by atoms with Crippen LogP contribution >= 0.6 is 0 Å². The minimum absolute atomic E-state index is 0.000977. The summed E-state index contributed by atoms with van der Waals surface area (Å²) in [6, 6.07) is 9.78. The van der Waals surface area contributed by atoms with Crippen LogP contribution in [0, 0.1) is 0 Å². The van der Waals surface area contributed by atoms with Crippen molar-refractivity contribution in [3.05, 3.63) is 35.9 Å². The Bertz CT molecular complexity index is 698. The smallest absolute Gasteiger partial charge is 0.270 e. The molecule has 0 unspecified atom stereocenters. The summed E-state index contributed by atoms with van der Waals surface area (Å²) in [5.74, 6) is -0.571. The lowest BCUT2D eigenvalue weighted by Gasteiger charge is -2.25. The number of carbonyl (C=O) groups excluding carboxylic acids is 3. The SMILES string of the molecule is CN(CC(=O)NC1CC1)C(=O)C1=NN(Cc2ccccc2)C(=O)CC1. The van der Waals surface area contributed by atoms with Crippen molar-refractivity contribution in [3.8, 4) is 0 Å². The molecule has 1 heterocycles. The molecule has 1 fully saturated rings. The van der Waals surface area contributed by atoms with E-state index in [1.807, 2.05) is 30.3 Å². The lowest BCUT2D eigenvalue weighted by molar-refractivity contribution is -0.133. The van der Waals surface area contributed by atoms with Gasteiger partial charge in [-0.2, -0.15) is 5.10 Å². The molecule has 132 valence electrons. The fraction of sp³-hybridized carbons (Fsp3) is 0.444. The van der Waals surface area contributed by atoms with Crippen molar-refractivity contribution >= 4 is 23.4 Å². The first-order valence-corrected chi connectivity index (χ1v) is 8.49. The van der Waals surface area contributed by atoms with E-state index < -0.39 is 0 Å². The molecular formula is C18H22N4O3. The van der Waals surface area contributed by atoms with Crippen molar-refractivity contribution in [2.24, 2.45) is 5.10 Å². The first-order valence-electron chi connectivity index (χ1n) is 8.49. The third-order valence-corrected chi connectivity index (χ3v) is 4.20. The van der Waals surface area contributed by atoms with Gasteiger partial charge in [0.2, 0.25) is 11.8 Å². The fourth-order valence-electron chi connectivity index (χ4n) is 2.64. The number of rotatable bonds is 6. The molecule has 0 atom stereocenters. The summed E-state index contributed by atoms with van der Waals surface area (Å²) in [7, 11) is 1.58. The van der Waals surface area contributed by atoms with Crippen molar-refractivity contribution in [1.82, 2.24) is 15.2 Å². The highest BCUT2D eigenvalue weighted by Crippen LogP contribution is 2.18. The number of hydrogen-bond donors (Lipinski definition) is 1. The number of likely N-dealkylation sites (N-methyl/N-ethyl adjacent to an activating group) is 1. The van der Waals surface area contributed by atoms with Crippen LogP contribution < -0.4 is 5.32 Å². The largest absolute Gasteiger partial charge is 0.352 e. The second kappa shape index (κ2) is 7.46. The predicted molar refractivity (Wildman–Crippen MR) is 92.5 cm³/mol. The fourth-order valence-corrected chi connectivity index (χ4v) is 2.64. The van der Waals surface area contributed by atoms with Crippen LogP contribution in [-0.2, 0) is 20.9 Å². The Morgan fingerprint density at radius 2 is 1.96 bits per heavy atom.